The minimum Gasteiger partial charge on any atom is -0.361 e. The molecular weight excluding hydrogens is 479 g/mol. The van der Waals surface area contributed by atoms with Crippen molar-refractivity contribution < 1.29 is 4.52 Å². The Morgan fingerprint density at radius 2 is 2.03 bits per heavy atom. The Hall–Kier alpha value is -0.870. The highest BCUT2D eigenvalue weighted by molar-refractivity contribution is 14.0. The number of piperazine rings is 1. The van der Waals surface area contributed by atoms with E-state index in [2.05, 4.69) is 45.9 Å². The van der Waals surface area contributed by atoms with Crippen LogP contribution in [0.5, 0.6) is 0 Å². The van der Waals surface area contributed by atoms with Crippen LogP contribution in [-0.4, -0.2) is 84.2 Å². The van der Waals surface area contributed by atoms with Crippen LogP contribution in [-0.2, 0) is 6.54 Å². The number of halogens is 1. The molecule has 0 aromatic carbocycles. The lowest BCUT2D eigenvalue weighted by Gasteiger charge is -2.36. The smallest absolute Gasteiger partial charge is 0.194 e. The number of hydrogen-bond donors (Lipinski definition) is 1. The van der Waals surface area contributed by atoms with Gasteiger partial charge in [-0.2, -0.15) is 0 Å². The van der Waals surface area contributed by atoms with Crippen molar-refractivity contribution in [1.82, 2.24) is 25.2 Å². The van der Waals surface area contributed by atoms with Gasteiger partial charge in [0.2, 0.25) is 0 Å². The van der Waals surface area contributed by atoms with E-state index in [4.69, 9.17) is 9.52 Å². The number of nitrogens with zero attached hydrogens (tertiary/aromatic N) is 5. The fraction of sp³-hybridized carbons (Fsp3) is 0.810. The van der Waals surface area contributed by atoms with E-state index in [-0.39, 0.29) is 24.0 Å². The molecule has 0 unspecified atom stereocenters. The van der Waals surface area contributed by atoms with E-state index in [1.165, 1.54) is 25.9 Å². The van der Waals surface area contributed by atoms with Gasteiger partial charge in [0.15, 0.2) is 5.96 Å². The summed E-state index contributed by atoms with van der Waals surface area (Å²) in [5.74, 6) is 2.68. The first-order chi connectivity index (χ1) is 13.5. The number of likely N-dealkylation sites (tertiary alicyclic amines) is 1. The monoisotopic (exact) mass is 518 g/mol. The van der Waals surface area contributed by atoms with Gasteiger partial charge in [-0.05, 0) is 39.2 Å². The fourth-order valence-corrected chi connectivity index (χ4v) is 4.27. The van der Waals surface area contributed by atoms with Gasteiger partial charge in [-0.3, -0.25) is 14.8 Å². The Bertz CT molecular complexity index is 626. The van der Waals surface area contributed by atoms with Crippen LogP contribution in [0.3, 0.4) is 0 Å². The number of hydrogen-bond acceptors (Lipinski definition) is 5. The van der Waals surface area contributed by atoms with Crippen LogP contribution in [0.1, 0.15) is 45.1 Å². The number of aromatic nitrogens is 1. The molecule has 0 aliphatic carbocycles. The average molecular weight is 518 g/mol. The Balaban J connectivity index is 0.00000300. The molecule has 3 rings (SSSR count). The predicted octanol–water partition coefficient (Wildman–Crippen LogP) is 2.80. The van der Waals surface area contributed by atoms with Gasteiger partial charge in [0.1, 0.15) is 5.76 Å². The summed E-state index contributed by atoms with van der Waals surface area (Å²) >= 11 is 0. The lowest BCUT2D eigenvalue weighted by atomic mass is 10.2. The largest absolute Gasteiger partial charge is 0.361 e. The molecule has 8 heteroatoms. The number of aryl methyl sites for hydroxylation is 1. The van der Waals surface area contributed by atoms with E-state index in [1.54, 1.807) is 0 Å². The minimum atomic E-state index is 0. The zero-order chi connectivity index (χ0) is 19.9. The van der Waals surface area contributed by atoms with Gasteiger partial charge in [0.25, 0.3) is 0 Å². The van der Waals surface area contributed by atoms with Crippen LogP contribution < -0.4 is 5.32 Å². The third kappa shape index (κ3) is 7.40. The molecule has 1 aromatic heterocycles. The number of nitrogens with one attached hydrogen (secondary N) is 1. The van der Waals surface area contributed by atoms with E-state index < -0.39 is 0 Å². The van der Waals surface area contributed by atoms with Crippen LogP contribution in [0.4, 0.5) is 0 Å². The van der Waals surface area contributed by atoms with E-state index in [1.807, 2.05) is 13.0 Å². The Labute approximate surface area is 193 Å². The molecule has 2 fully saturated rings. The van der Waals surface area contributed by atoms with Crippen LogP contribution in [0.2, 0.25) is 0 Å². The second kappa shape index (κ2) is 12.1. The van der Waals surface area contributed by atoms with Crippen LogP contribution in [0, 0.1) is 12.8 Å². The lowest BCUT2D eigenvalue weighted by molar-refractivity contribution is 0.168. The average Bonchev–Trinajstić information content (AvgIpc) is 3.27. The molecule has 1 atom stereocenters. The summed E-state index contributed by atoms with van der Waals surface area (Å²) in [6.07, 6.45) is 2.59. The highest BCUT2D eigenvalue weighted by Gasteiger charge is 2.26. The molecule has 0 radical (unpaired) electrons. The SMILES string of the molecule is CCNC(=NC[C@H]1CCCN1CC(C)C)N1CCN(Cc2cc(C)on2)CC1.I. The summed E-state index contributed by atoms with van der Waals surface area (Å²) in [7, 11) is 0. The Kier molecular flexibility index (Phi) is 10.2. The Morgan fingerprint density at radius 1 is 1.28 bits per heavy atom. The van der Waals surface area contributed by atoms with Gasteiger partial charge >= 0.3 is 0 Å². The molecule has 0 spiro atoms. The van der Waals surface area contributed by atoms with Crippen LogP contribution >= 0.6 is 24.0 Å². The summed E-state index contributed by atoms with van der Waals surface area (Å²) in [4.78, 5) is 12.5. The van der Waals surface area contributed by atoms with Gasteiger partial charge in [-0.25, -0.2) is 0 Å². The highest BCUT2D eigenvalue weighted by Crippen LogP contribution is 2.19. The molecule has 0 amide bonds. The van der Waals surface area contributed by atoms with Crippen molar-refractivity contribution >= 4 is 29.9 Å². The minimum absolute atomic E-state index is 0. The summed E-state index contributed by atoms with van der Waals surface area (Å²) in [5.41, 5.74) is 1.03. The molecule has 1 N–H and O–H groups in total. The van der Waals surface area contributed by atoms with Crippen molar-refractivity contribution in [1.29, 1.82) is 0 Å². The molecule has 3 heterocycles. The molecule has 2 aliphatic rings. The lowest BCUT2D eigenvalue weighted by Crippen LogP contribution is -2.52. The second-order valence-electron chi connectivity index (χ2n) is 8.57. The Morgan fingerprint density at radius 3 is 2.66 bits per heavy atom. The molecule has 2 saturated heterocycles. The zero-order valence-corrected chi connectivity index (χ0v) is 20.9. The molecule has 166 valence electrons. The van der Waals surface area contributed by atoms with E-state index >= 15 is 0 Å². The quantitative estimate of drug-likeness (QED) is 0.341. The van der Waals surface area contributed by atoms with E-state index in [9.17, 15) is 0 Å². The predicted molar refractivity (Wildman–Crippen MR) is 129 cm³/mol. The summed E-state index contributed by atoms with van der Waals surface area (Å²) in [6.45, 7) is 17.9. The molecule has 1 aromatic rings. The normalized spacial score (nSPS) is 21.6. The van der Waals surface area contributed by atoms with Crippen LogP contribution in [0.15, 0.2) is 15.6 Å². The van der Waals surface area contributed by atoms with Crippen molar-refractivity contribution in [3.8, 4) is 0 Å². The molecule has 0 saturated carbocycles. The molecule has 2 aliphatic heterocycles. The summed E-state index contributed by atoms with van der Waals surface area (Å²) in [5, 5.41) is 7.63. The third-order valence-corrected chi connectivity index (χ3v) is 5.62. The van der Waals surface area contributed by atoms with Crippen molar-refractivity contribution in [2.45, 2.75) is 53.1 Å². The van der Waals surface area contributed by atoms with Gasteiger partial charge in [0, 0.05) is 57.9 Å². The van der Waals surface area contributed by atoms with Gasteiger partial charge in [0.05, 0.1) is 12.2 Å². The van der Waals surface area contributed by atoms with Crippen molar-refractivity contribution in [2.24, 2.45) is 10.9 Å². The first-order valence-corrected chi connectivity index (χ1v) is 11.0. The maximum absolute atomic E-state index is 5.19. The zero-order valence-electron chi connectivity index (χ0n) is 18.6. The topological polar surface area (TPSA) is 60.1 Å². The van der Waals surface area contributed by atoms with Gasteiger partial charge < -0.3 is 14.7 Å². The van der Waals surface area contributed by atoms with Crippen molar-refractivity contribution in [3.05, 3.63) is 17.5 Å². The first kappa shape index (κ1) is 24.4. The second-order valence-corrected chi connectivity index (χ2v) is 8.57. The molecule has 29 heavy (non-hydrogen) atoms. The third-order valence-electron chi connectivity index (χ3n) is 5.62. The number of guanidine groups is 1. The first-order valence-electron chi connectivity index (χ1n) is 11.0. The summed E-state index contributed by atoms with van der Waals surface area (Å²) in [6, 6.07) is 2.63. The summed E-state index contributed by atoms with van der Waals surface area (Å²) < 4.78 is 5.19. The number of aliphatic imine (C=N–C) groups is 1. The van der Waals surface area contributed by atoms with Gasteiger partial charge in [-0.1, -0.05) is 19.0 Å². The standard InChI is InChI=1S/C21H38N6O.HI/c1-5-22-21(23-14-20-7-6-8-27(20)15-17(2)3)26-11-9-25(10-12-26)16-19-13-18(4)28-24-19;/h13,17,20H,5-12,14-16H2,1-4H3,(H,22,23);1H/t20-;/m1./s1. The fourth-order valence-electron chi connectivity index (χ4n) is 4.27. The molecular formula is C21H39IN6O. The van der Waals surface area contributed by atoms with E-state index in [0.29, 0.717) is 6.04 Å². The highest BCUT2D eigenvalue weighted by atomic mass is 127. The van der Waals surface area contributed by atoms with Crippen molar-refractivity contribution in [3.63, 3.8) is 0 Å². The molecule has 0 bridgehead atoms. The maximum Gasteiger partial charge on any atom is 0.194 e. The van der Waals surface area contributed by atoms with Crippen LogP contribution in [0.25, 0.3) is 0 Å². The van der Waals surface area contributed by atoms with Crippen molar-refractivity contribution in [2.75, 3.05) is 52.4 Å². The maximum atomic E-state index is 5.19. The molecule has 7 nitrogen and oxygen atoms in total. The van der Waals surface area contributed by atoms with Gasteiger partial charge in [-0.15, -0.1) is 24.0 Å². The number of rotatable bonds is 7. The van der Waals surface area contributed by atoms with E-state index in [0.717, 1.165) is 69.1 Å².